The molecule has 0 aliphatic heterocycles. The maximum absolute atomic E-state index is 13.3. The number of halogens is 3. The van der Waals surface area contributed by atoms with E-state index in [9.17, 15) is 18.0 Å². The number of aromatic nitrogens is 4. The van der Waals surface area contributed by atoms with E-state index in [4.69, 9.17) is 4.74 Å². The molecule has 0 amide bonds. The molecule has 33 heavy (non-hydrogen) atoms. The fraction of sp³-hybridized carbons (Fsp3) is 0.130. The zero-order valence-corrected chi connectivity index (χ0v) is 18.1. The van der Waals surface area contributed by atoms with Crippen LogP contribution in [0.1, 0.15) is 15.9 Å². The summed E-state index contributed by atoms with van der Waals surface area (Å²) in [4.78, 5) is 16.8. The smallest absolute Gasteiger partial charge is 0.416 e. The highest BCUT2D eigenvalue weighted by Crippen LogP contribution is 2.33. The molecule has 0 N–H and O–H groups in total. The van der Waals surface area contributed by atoms with Gasteiger partial charge in [-0.1, -0.05) is 30.0 Å². The van der Waals surface area contributed by atoms with Crippen molar-refractivity contribution in [2.75, 3.05) is 12.9 Å². The number of alkyl halides is 3. The summed E-state index contributed by atoms with van der Waals surface area (Å²) in [5.74, 6) is 0.702. The third-order valence-corrected chi connectivity index (χ3v) is 5.64. The standard InChI is InChI=1S/C23H17F3N4O2S/c1-32-19-9-2-5-15(11-19)20(31)14-33-22-29-28-21(16-6-4-10-27-13-16)30(22)18-8-3-7-17(12-18)23(24,25)26/h2-13H,14H2,1H3. The maximum Gasteiger partial charge on any atom is 0.416 e. The number of ether oxygens (including phenoxy) is 1. The first kappa shape index (κ1) is 22.5. The lowest BCUT2D eigenvalue weighted by Gasteiger charge is -2.13. The highest BCUT2D eigenvalue weighted by atomic mass is 32.2. The summed E-state index contributed by atoms with van der Waals surface area (Å²) in [6, 6.07) is 15.0. The first-order chi connectivity index (χ1) is 15.9. The van der Waals surface area contributed by atoms with Crippen LogP contribution in [0.3, 0.4) is 0 Å². The molecule has 0 aliphatic carbocycles. The Labute approximate surface area is 191 Å². The van der Waals surface area contributed by atoms with Gasteiger partial charge in [0, 0.05) is 23.5 Å². The van der Waals surface area contributed by atoms with Gasteiger partial charge in [-0.3, -0.25) is 14.3 Å². The number of pyridine rings is 1. The average Bonchev–Trinajstić information content (AvgIpc) is 3.26. The highest BCUT2D eigenvalue weighted by molar-refractivity contribution is 7.99. The Kier molecular flexibility index (Phi) is 6.45. The van der Waals surface area contributed by atoms with Crippen LogP contribution in [0.2, 0.25) is 0 Å². The molecule has 0 saturated carbocycles. The van der Waals surface area contributed by atoms with Crippen molar-refractivity contribution in [2.45, 2.75) is 11.3 Å². The molecule has 0 atom stereocenters. The molecule has 0 spiro atoms. The summed E-state index contributed by atoms with van der Waals surface area (Å²) in [7, 11) is 1.51. The van der Waals surface area contributed by atoms with Crippen molar-refractivity contribution in [3.05, 3.63) is 84.2 Å². The summed E-state index contributed by atoms with van der Waals surface area (Å²) in [6.45, 7) is 0. The van der Waals surface area contributed by atoms with E-state index in [2.05, 4.69) is 15.2 Å². The Bertz CT molecular complexity index is 1280. The summed E-state index contributed by atoms with van der Waals surface area (Å²) in [5, 5.41) is 8.60. The lowest BCUT2D eigenvalue weighted by atomic mass is 10.1. The van der Waals surface area contributed by atoms with Gasteiger partial charge in [-0.05, 0) is 42.5 Å². The molecule has 168 valence electrons. The van der Waals surface area contributed by atoms with Crippen LogP contribution in [0.5, 0.6) is 5.75 Å². The van der Waals surface area contributed by atoms with Crippen molar-refractivity contribution >= 4 is 17.5 Å². The number of rotatable bonds is 7. The molecule has 10 heteroatoms. The molecule has 0 fully saturated rings. The third-order valence-electron chi connectivity index (χ3n) is 4.71. The van der Waals surface area contributed by atoms with Gasteiger partial charge < -0.3 is 4.74 Å². The minimum Gasteiger partial charge on any atom is -0.497 e. The number of methoxy groups -OCH3 is 1. The molecule has 0 bridgehead atoms. The molecule has 2 aromatic carbocycles. The number of Topliss-reactive ketones (excluding diaryl/α,β-unsaturated/α-hetero) is 1. The molecule has 4 aromatic rings. The van der Waals surface area contributed by atoms with Crippen LogP contribution in [-0.4, -0.2) is 38.4 Å². The van der Waals surface area contributed by atoms with Gasteiger partial charge in [-0.2, -0.15) is 13.2 Å². The summed E-state index contributed by atoms with van der Waals surface area (Å²) in [5.41, 5.74) is 0.465. The predicted molar refractivity (Wildman–Crippen MR) is 118 cm³/mol. The van der Waals surface area contributed by atoms with Crippen LogP contribution in [0.4, 0.5) is 13.2 Å². The molecular weight excluding hydrogens is 453 g/mol. The topological polar surface area (TPSA) is 69.9 Å². The van der Waals surface area contributed by atoms with Gasteiger partial charge in [0.2, 0.25) is 0 Å². The Hall–Kier alpha value is -3.66. The summed E-state index contributed by atoms with van der Waals surface area (Å²) >= 11 is 1.08. The molecule has 0 aliphatic rings. The van der Waals surface area contributed by atoms with Gasteiger partial charge >= 0.3 is 6.18 Å². The van der Waals surface area contributed by atoms with E-state index < -0.39 is 11.7 Å². The van der Waals surface area contributed by atoms with Crippen LogP contribution < -0.4 is 4.74 Å². The lowest BCUT2D eigenvalue weighted by molar-refractivity contribution is -0.137. The van der Waals surface area contributed by atoms with E-state index in [1.54, 1.807) is 48.8 Å². The van der Waals surface area contributed by atoms with Gasteiger partial charge in [-0.25, -0.2) is 0 Å². The third kappa shape index (κ3) is 5.06. The minimum atomic E-state index is -4.51. The van der Waals surface area contributed by atoms with Crippen LogP contribution in [0.15, 0.2) is 78.2 Å². The second-order valence-corrected chi connectivity index (χ2v) is 7.82. The molecular formula is C23H17F3N4O2S. The van der Waals surface area contributed by atoms with Crippen LogP contribution in [0, 0.1) is 0 Å². The van der Waals surface area contributed by atoms with Crippen molar-refractivity contribution in [1.29, 1.82) is 0 Å². The molecule has 0 unspecified atom stereocenters. The number of carbonyl (C=O) groups excluding carboxylic acids is 1. The highest BCUT2D eigenvalue weighted by Gasteiger charge is 2.31. The van der Waals surface area contributed by atoms with Gasteiger partial charge in [0.25, 0.3) is 0 Å². The van der Waals surface area contributed by atoms with Gasteiger partial charge in [0.1, 0.15) is 5.75 Å². The van der Waals surface area contributed by atoms with E-state index in [0.29, 0.717) is 22.7 Å². The Balaban J connectivity index is 1.70. The average molecular weight is 470 g/mol. The van der Waals surface area contributed by atoms with Crippen molar-refractivity contribution in [3.63, 3.8) is 0 Å². The first-order valence-electron chi connectivity index (χ1n) is 9.70. The Morgan fingerprint density at radius 3 is 2.61 bits per heavy atom. The monoisotopic (exact) mass is 470 g/mol. The van der Waals surface area contributed by atoms with Crippen molar-refractivity contribution in [3.8, 4) is 22.8 Å². The SMILES string of the molecule is COc1cccc(C(=O)CSc2nnc(-c3cccnc3)n2-c2cccc(C(F)(F)F)c2)c1. The molecule has 4 rings (SSSR count). The number of hydrogen-bond donors (Lipinski definition) is 0. The number of benzene rings is 2. The molecule has 0 radical (unpaired) electrons. The van der Waals surface area contributed by atoms with E-state index in [1.807, 2.05) is 0 Å². The molecule has 0 saturated heterocycles. The second-order valence-electron chi connectivity index (χ2n) is 6.88. The quantitative estimate of drug-likeness (QED) is 0.269. The first-order valence-corrected chi connectivity index (χ1v) is 10.7. The number of nitrogens with zero attached hydrogens (tertiary/aromatic N) is 4. The number of carbonyl (C=O) groups is 1. The number of hydrogen-bond acceptors (Lipinski definition) is 6. The van der Waals surface area contributed by atoms with E-state index in [0.717, 1.165) is 23.9 Å². The Morgan fingerprint density at radius 2 is 1.88 bits per heavy atom. The summed E-state index contributed by atoms with van der Waals surface area (Å²) in [6.07, 6.45) is -1.38. The van der Waals surface area contributed by atoms with Gasteiger partial charge in [0.05, 0.1) is 24.1 Å². The Morgan fingerprint density at radius 1 is 1.06 bits per heavy atom. The summed E-state index contributed by atoms with van der Waals surface area (Å²) < 4.78 is 46.6. The molecule has 6 nitrogen and oxygen atoms in total. The maximum atomic E-state index is 13.3. The normalized spacial score (nSPS) is 11.4. The zero-order chi connectivity index (χ0) is 23.4. The molecule has 2 aromatic heterocycles. The van der Waals surface area contributed by atoms with E-state index in [1.165, 1.54) is 23.8 Å². The predicted octanol–water partition coefficient (Wildman–Crippen LogP) is 5.33. The zero-order valence-electron chi connectivity index (χ0n) is 17.3. The minimum absolute atomic E-state index is 0.0112. The van der Waals surface area contributed by atoms with Crippen LogP contribution in [-0.2, 0) is 6.18 Å². The van der Waals surface area contributed by atoms with E-state index >= 15 is 0 Å². The van der Waals surface area contributed by atoms with Crippen LogP contribution in [0.25, 0.3) is 17.1 Å². The van der Waals surface area contributed by atoms with Crippen molar-refractivity contribution in [1.82, 2.24) is 19.7 Å². The van der Waals surface area contributed by atoms with Crippen molar-refractivity contribution < 1.29 is 22.7 Å². The number of ketones is 1. The molecule has 2 heterocycles. The van der Waals surface area contributed by atoms with Crippen LogP contribution >= 0.6 is 11.8 Å². The fourth-order valence-corrected chi connectivity index (χ4v) is 3.96. The van der Waals surface area contributed by atoms with Gasteiger partial charge in [-0.15, -0.1) is 10.2 Å². The van der Waals surface area contributed by atoms with Crippen molar-refractivity contribution in [2.24, 2.45) is 0 Å². The van der Waals surface area contributed by atoms with E-state index in [-0.39, 0.29) is 22.4 Å². The van der Waals surface area contributed by atoms with Gasteiger partial charge in [0.15, 0.2) is 16.8 Å². The number of thioether (sulfide) groups is 1. The largest absolute Gasteiger partial charge is 0.497 e. The lowest BCUT2D eigenvalue weighted by Crippen LogP contribution is -2.08. The fourth-order valence-electron chi connectivity index (χ4n) is 3.11. The second kappa shape index (κ2) is 9.45.